The van der Waals surface area contributed by atoms with Crippen LogP contribution in [0.1, 0.15) is 33.7 Å². The van der Waals surface area contributed by atoms with Crippen LogP contribution < -0.4 is 0 Å². The highest BCUT2D eigenvalue weighted by Crippen LogP contribution is 2.09. The van der Waals surface area contributed by atoms with Crippen molar-refractivity contribution in [2.75, 3.05) is 0 Å². The number of nitrogens with zero attached hydrogens (tertiary/aromatic N) is 2. The van der Waals surface area contributed by atoms with Gasteiger partial charge in [-0.05, 0) is 12.1 Å². The van der Waals surface area contributed by atoms with Gasteiger partial charge in [-0.2, -0.15) is 0 Å². The van der Waals surface area contributed by atoms with Gasteiger partial charge in [0.25, 0.3) is 0 Å². The van der Waals surface area contributed by atoms with Gasteiger partial charge in [0.15, 0.2) is 11.6 Å². The van der Waals surface area contributed by atoms with Gasteiger partial charge in [-0.3, -0.25) is 14.6 Å². The molecule has 0 saturated carbocycles. The lowest BCUT2D eigenvalue weighted by atomic mass is 10.0. The standard InChI is InChI=1S/C14H11FN2O2/c15-11-3-1-2-10(8-11)13(18)4-5-14(19)12-9-16-6-7-17-12/h1-3,6-9H,4-5H2. The van der Waals surface area contributed by atoms with Gasteiger partial charge in [0, 0.05) is 30.8 Å². The lowest BCUT2D eigenvalue weighted by Crippen LogP contribution is -2.07. The molecule has 0 aliphatic rings. The molecule has 5 heteroatoms. The molecule has 0 radical (unpaired) electrons. The van der Waals surface area contributed by atoms with Crippen LogP contribution >= 0.6 is 0 Å². The van der Waals surface area contributed by atoms with Gasteiger partial charge in [0.1, 0.15) is 11.5 Å². The van der Waals surface area contributed by atoms with Crippen LogP contribution in [0, 0.1) is 5.82 Å². The second-order valence-corrected chi connectivity index (χ2v) is 3.95. The summed E-state index contributed by atoms with van der Waals surface area (Å²) in [5, 5.41) is 0. The van der Waals surface area contributed by atoms with Crippen molar-refractivity contribution in [3.05, 3.63) is 59.9 Å². The number of hydrogen-bond donors (Lipinski definition) is 0. The molecule has 19 heavy (non-hydrogen) atoms. The summed E-state index contributed by atoms with van der Waals surface area (Å²) in [6.07, 6.45) is 4.30. The quantitative estimate of drug-likeness (QED) is 0.773. The minimum atomic E-state index is -0.467. The number of carbonyl (C=O) groups excluding carboxylic acids is 2. The Morgan fingerprint density at radius 3 is 2.58 bits per heavy atom. The van der Waals surface area contributed by atoms with Crippen LogP contribution in [0.15, 0.2) is 42.9 Å². The molecule has 2 rings (SSSR count). The van der Waals surface area contributed by atoms with E-state index in [-0.39, 0.29) is 35.7 Å². The molecule has 0 unspecified atom stereocenters. The van der Waals surface area contributed by atoms with E-state index in [4.69, 9.17) is 0 Å². The third-order valence-corrected chi connectivity index (χ3v) is 2.57. The first-order valence-electron chi connectivity index (χ1n) is 5.75. The van der Waals surface area contributed by atoms with E-state index in [0.717, 1.165) is 6.07 Å². The molecule has 1 heterocycles. The molecule has 0 bridgehead atoms. The van der Waals surface area contributed by atoms with Crippen LogP contribution in [0.25, 0.3) is 0 Å². The first-order chi connectivity index (χ1) is 9.16. The number of halogens is 1. The predicted molar refractivity (Wildman–Crippen MR) is 66.3 cm³/mol. The molecule has 1 aromatic carbocycles. The zero-order valence-corrected chi connectivity index (χ0v) is 10.0. The van der Waals surface area contributed by atoms with Crippen molar-refractivity contribution >= 4 is 11.6 Å². The van der Waals surface area contributed by atoms with Crippen molar-refractivity contribution in [2.45, 2.75) is 12.8 Å². The summed E-state index contributed by atoms with van der Waals surface area (Å²) in [6, 6.07) is 5.42. The first-order valence-corrected chi connectivity index (χ1v) is 5.75. The lowest BCUT2D eigenvalue weighted by Gasteiger charge is -2.01. The molecule has 0 fully saturated rings. The molecule has 0 amide bonds. The maximum atomic E-state index is 13.0. The van der Waals surface area contributed by atoms with Gasteiger partial charge in [0.2, 0.25) is 0 Å². The molecule has 0 aliphatic carbocycles. The number of ketones is 2. The highest BCUT2D eigenvalue weighted by Gasteiger charge is 2.12. The fourth-order valence-electron chi connectivity index (χ4n) is 1.60. The molecule has 0 aliphatic heterocycles. The zero-order valence-electron chi connectivity index (χ0n) is 10.0. The van der Waals surface area contributed by atoms with E-state index >= 15 is 0 Å². The Kier molecular flexibility index (Phi) is 4.07. The minimum absolute atomic E-state index is 0.0266. The Morgan fingerprint density at radius 1 is 1.11 bits per heavy atom. The molecule has 0 saturated heterocycles. The highest BCUT2D eigenvalue weighted by atomic mass is 19.1. The number of benzene rings is 1. The van der Waals surface area contributed by atoms with Crippen molar-refractivity contribution in [2.24, 2.45) is 0 Å². The molecular weight excluding hydrogens is 247 g/mol. The van der Waals surface area contributed by atoms with Crippen molar-refractivity contribution < 1.29 is 14.0 Å². The topological polar surface area (TPSA) is 59.9 Å². The van der Waals surface area contributed by atoms with E-state index in [2.05, 4.69) is 9.97 Å². The number of Topliss-reactive ketones (excluding diaryl/α,β-unsaturated/α-hetero) is 2. The first kappa shape index (κ1) is 13.0. The van der Waals surface area contributed by atoms with Gasteiger partial charge in [-0.15, -0.1) is 0 Å². The average molecular weight is 258 g/mol. The Labute approximate surface area is 109 Å². The van der Waals surface area contributed by atoms with E-state index in [9.17, 15) is 14.0 Å². The fraction of sp³-hybridized carbons (Fsp3) is 0.143. The normalized spacial score (nSPS) is 10.2. The Balaban J connectivity index is 1.96. The molecule has 0 atom stereocenters. The fourth-order valence-corrected chi connectivity index (χ4v) is 1.60. The van der Waals surface area contributed by atoms with Gasteiger partial charge < -0.3 is 0 Å². The van der Waals surface area contributed by atoms with Gasteiger partial charge in [-0.25, -0.2) is 9.37 Å². The summed E-state index contributed by atoms with van der Waals surface area (Å²) >= 11 is 0. The van der Waals surface area contributed by atoms with E-state index in [1.54, 1.807) is 0 Å². The molecule has 2 aromatic rings. The van der Waals surface area contributed by atoms with Crippen LogP contribution in [-0.2, 0) is 0 Å². The van der Waals surface area contributed by atoms with Crippen LogP contribution in [0.2, 0.25) is 0 Å². The third kappa shape index (κ3) is 3.51. The van der Waals surface area contributed by atoms with Crippen LogP contribution in [0.5, 0.6) is 0 Å². The summed E-state index contributed by atoms with van der Waals surface area (Å²) < 4.78 is 13.0. The summed E-state index contributed by atoms with van der Waals surface area (Å²) in [5.41, 5.74) is 0.501. The van der Waals surface area contributed by atoms with E-state index in [1.165, 1.54) is 36.8 Å². The Hall–Kier alpha value is -2.43. The molecular formula is C14H11FN2O2. The SMILES string of the molecule is O=C(CCC(=O)c1cnccn1)c1cccc(F)c1. The highest BCUT2D eigenvalue weighted by molar-refractivity contribution is 6.01. The van der Waals surface area contributed by atoms with Crippen LogP contribution in [0.4, 0.5) is 4.39 Å². The Morgan fingerprint density at radius 2 is 1.89 bits per heavy atom. The number of rotatable bonds is 5. The van der Waals surface area contributed by atoms with E-state index in [0.29, 0.717) is 0 Å². The molecule has 4 nitrogen and oxygen atoms in total. The number of hydrogen-bond acceptors (Lipinski definition) is 4. The van der Waals surface area contributed by atoms with Gasteiger partial charge in [0.05, 0.1) is 6.20 Å². The number of carbonyl (C=O) groups is 2. The monoisotopic (exact) mass is 258 g/mol. The van der Waals surface area contributed by atoms with Gasteiger partial charge >= 0.3 is 0 Å². The third-order valence-electron chi connectivity index (χ3n) is 2.57. The van der Waals surface area contributed by atoms with E-state index < -0.39 is 5.82 Å². The van der Waals surface area contributed by atoms with Gasteiger partial charge in [-0.1, -0.05) is 12.1 Å². The van der Waals surface area contributed by atoms with Crippen molar-refractivity contribution in [1.29, 1.82) is 0 Å². The zero-order chi connectivity index (χ0) is 13.7. The second-order valence-electron chi connectivity index (χ2n) is 3.95. The van der Waals surface area contributed by atoms with Crippen molar-refractivity contribution in [1.82, 2.24) is 9.97 Å². The number of aromatic nitrogens is 2. The Bertz CT molecular complexity index is 599. The van der Waals surface area contributed by atoms with Crippen molar-refractivity contribution in [3.8, 4) is 0 Å². The molecule has 0 N–H and O–H groups in total. The largest absolute Gasteiger partial charge is 0.294 e. The minimum Gasteiger partial charge on any atom is -0.294 e. The predicted octanol–water partition coefficient (Wildman–Crippen LogP) is 2.46. The summed E-state index contributed by atoms with van der Waals surface area (Å²) in [7, 11) is 0. The summed E-state index contributed by atoms with van der Waals surface area (Å²) in [4.78, 5) is 31.1. The van der Waals surface area contributed by atoms with Crippen LogP contribution in [-0.4, -0.2) is 21.5 Å². The summed E-state index contributed by atoms with van der Waals surface area (Å²) in [6.45, 7) is 0. The molecule has 0 spiro atoms. The molecule has 96 valence electrons. The second kappa shape index (κ2) is 5.95. The average Bonchev–Trinajstić information content (AvgIpc) is 2.45. The van der Waals surface area contributed by atoms with Crippen LogP contribution in [0.3, 0.4) is 0 Å². The van der Waals surface area contributed by atoms with E-state index in [1.807, 2.05) is 0 Å². The maximum Gasteiger partial charge on any atom is 0.183 e. The van der Waals surface area contributed by atoms with Crippen molar-refractivity contribution in [3.63, 3.8) is 0 Å². The maximum absolute atomic E-state index is 13.0. The smallest absolute Gasteiger partial charge is 0.183 e. The molecule has 1 aromatic heterocycles. The summed E-state index contributed by atoms with van der Waals surface area (Å²) in [5.74, 6) is -0.985. The lowest BCUT2D eigenvalue weighted by molar-refractivity contribution is 0.0914.